The molecule has 3 nitrogen and oxygen atoms in total. The van der Waals surface area contributed by atoms with Gasteiger partial charge in [-0.2, -0.15) is 0 Å². The number of carbonyl (C=O) groups is 1. The van der Waals surface area contributed by atoms with E-state index in [-0.39, 0.29) is 11.8 Å². The Labute approximate surface area is 74.7 Å². The zero-order chi connectivity index (χ0) is 9.56. The lowest BCUT2D eigenvalue weighted by molar-refractivity contribution is -0.125. The van der Waals surface area contributed by atoms with E-state index in [1.807, 2.05) is 13.8 Å². The van der Waals surface area contributed by atoms with Crippen LogP contribution in [0.2, 0.25) is 0 Å². The molecule has 72 valence electrons. The minimum Gasteiger partial charge on any atom is -0.356 e. The van der Waals surface area contributed by atoms with E-state index >= 15 is 0 Å². The van der Waals surface area contributed by atoms with Crippen LogP contribution < -0.4 is 11.1 Å². The molecular weight excluding hydrogens is 152 g/mol. The molecule has 0 spiro atoms. The molecule has 0 bridgehead atoms. The summed E-state index contributed by atoms with van der Waals surface area (Å²) in [5, 5.41) is 2.80. The van der Waals surface area contributed by atoms with Crippen molar-refractivity contribution in [3.8, 4) is 0 Å². The second-order valence-corrected chi connectivity index (χ2v) is 3.24. The van der Waals surface area contributed by atoms with Gasteiger partial charge in [0, 0.05) is 12.5 Å². The van der Waals surface area contributed by atoms with Crippen molar-refractivity contribution >= 4 is 5.91 Å². The molecule has 0 heterocycles. The van der Waals surface area contributed by atoms with Crippen molar-refractivity contribution < 1.29 is 4.79 Å². The molecule has 12 heavy (non-hydrogen) atoms. The third kappa shape index (κ3) is 3.72. The minimum atomic E-state index is 0.0773. The monoisotopic (exact) mass is 172 g/mol. The van der Waals surface area contributed by atoms with Crippen molar-refractivity contribution in [1.29, 1.82) is 0 Å². The minimum absolute atomic E-state index is 0.0773. The topological polar surface area (TPSA) is 55.1 Å². The van der Waals surface area contributed by atoms with Gasteiger partial charge in [-0.25, -0.2) is 0 Å². The van der Waals surface area contributed by atoms with Gasteiger partial charge in [0.25, 0.3) is 0 Å². The highest BCUT2D eigenvalue weighted by atomic mass is 16.1. The molecule has 0 aromatic rings. The molecule has 1 amide bonds. The van der Waals surface area contributed by atoms with E-state index < -0.39 is 0 Å². The van der Waals surface area contributed by atoms with Crippen molar-refractivity contribution in [3.05, 3.63) is 0 Å². The number of nitrogens with one attached hydrogen (secondary N) is 1. The van der Waals surface area contributed by atoms with Crippen LogP contribution in [-0.2, 0) is 4.79 Å². The second-order valence-electron chi connectivity index (χ2n) is 3.24. The lowest BCUT2D eigenvalue weighted by Gasteiger charge is -2.17. The highest BCUT2D eigenvalue weighted by molar-refractivity contribution is 5.78. The number of hydrogen-bond acceptors (Lipinski definition) is 2. The maximum atomic E-state index is 11.3. The Hall–Kier alpha value is -0.570. The van der Waals surface area contributed by atoms with Gasteiger partial charge in [-0.05, 0) is 25.8 Å². The highest BCUT2D eigenvalue weighted by Gasteiger charge is 2.18. The molecule has 0 radical (unpaired) electrons. The molecule has 0 saturated heterocycles. The van der Waals surface area contributed by atoms with Gasteiger partial charge < -0.3 is 11.1 Å². The maximum absolute atomic E-state index is 11.3. The summed E-state index contributed by atoms with van der Waals surface area (Å²) in [5.41, 5.74) is 5.41. The molecule has 0 aromatic carbocycles. The van der Waals surface area contributed by atoms with Gasteiger partial charge in [-0.15, -0.1) is 0 Å². The first-order valence-electron chi connectivity index (χ1n) is 4.61. The van der Waals surface area contributed by atoms with E-state index in [2.05, 4.69) is 12.2 Å². The van der Waals surface area contributed by atoms with Crippen LogP contribution in [0.15, 0.2) is 0 Å². The number of rotatable bonds is 5. The Kier molecular flexibility index (Phi) is 5.72. The van der Waals surface area contributed by atoms with Crippen LogP contribution in [0.3, 0.4) is 0 Å². The van der Waals surface area contributed by atoms with Crippen LogP contribution >= 0.6 is 0 Å². The van der Waals surface area contributed by atoms with Gasteiger partial charge in [-0.3, -0.25) is 4.79 Å². The Bertz CT molecular complexity index is 136. The number of nitrogens with two attached hydrogens (primary N) is 1. The van der Waals surface area contributed by atoms with E-state index in [9.17, 15) is 4.79 Å². The lowest BCUT2D eigenvalue weighted by atomic mass is 9.92. The number of amides is 1. The Morgan fingerprint density at radius 3 is 2.50 bits per heavy atom. The molecule has 0 aliphatic rings. The molecule has 3 heteroatoms. The van der Waals surface area contributed by atoms with Crippen molar-refractivity contribution in [3.63, 3.8) is 0 Å². The molecule has 0 aromatic heterocycles. The molecule has 3 N–H and O–H groups in total. The summed E-state index contributed by atoms with van der Waals surface area (Å²) in [6, 6.07) is 0. The standard InChI is InChI=1S/C9H20N2O/c1-4-11-9(12)8(3)7(2)5-6-10/h7-8H,4-6,10H2,1-3H3,(H,11,12). The highest BCUT2D eigenvalue weighted by Crippen LogP contribution is 2.13. The van der Waals surface area contributed by atoms with Gasteiger partial charge in [0.15, 0.2) is 0 Å². The van der Waals surface area contributed by atoms with E-state index in [0.717, 1.165) is 6.42 Å². The molecule has 0 aliphatic carbocycles. The van der Waals surface area contributed by atoms with Crippen molar-refractivity contribution in [2.45, 2.75) is 27.2 Å². The average Bonchev–Trinajstić information content (AvgIpc) is 2.04. The summed E-state index contributed by atoms with van der Waals surface area (Å²) >= 11 is 0. The lowest BCUT2D eigenvalue weighted by Crippen LogP contribution is -2.32. The van der Waals surface area contributed by atoms with E-state index in [0.29, 0.717) is 19.0 Å². The first kappa shape index (κ1) is 11.4. The third-order valence-corrected chi connectivity index (χ3v) is 2.24. The Morgan fingerprint density at radius 2 is 2.08 bits per heavy atom. The molecular formula is C9H20N2O. The SMILES string of the molecule is CCNC(=O)C(C)C(C)CCN. The predicted octanol–water partition coefficient (Wildman–Crippen LogP) is 0.743. The molecule has 0 aliphatic heterocycles. The normalized spacial score (nSPS) is 15.3. The average molecular weight is 172 g/mol. The van der Waals surface area contributed by atoms with Gasteiger partial charge in [0.1, 0.15) is 0 Å². The maximum Gasteiger partial charge on any atom is 0.223 e. The van der Waals surface area contributed by atoms with E-state index in [4.69, 9.17) is 5.73 Å². The quantitative estimate of drug-likeness (QED) is 0.642. The Morgan fingerprint density at radius 1 is 1.50 bits per heavy atom. The van der Waals surface area contributed by atoms with E-state index in [1.165, 1.54) is 0 Å². The van der Waals surface area contributed by atoms with Crippen LogP contribution in [0.1, 0.15) is 27.2 Å². The predicted molar refractivity (Wildman–Crippen MR) is 50.7 cm³/mol. The van der Waals surface area contributed by atoms with Crippen LogP contribution in [0, 0.1) is 11.8 Å². The first-order valence-corrected chi connectivity index (χ1v) is 4.61. The Balaban J connectivity index is 3.82. The van der Waals surface area contributed by atoms with Crippen LogP contribution in [-0.4, -0.2) is 19.0 Å². The zero-order valence-corrected chi connectivity index (χ0v) is 8.26. The summed E-state index contributed by atoms with van der Waals surface area (Å²) in [6.07, 6.45) is 0.915. The summed E-state index contributed by atoms with van der Waals surface area (Å²) in [4.78, 5) is 11.3. The zero-order valence-electron chi connectivity index (χ0n) is 8.26. The molecule has 0 saturated carbocycles. The van der Waals surface area contributed by atoms with Crippen LogP contribution in [0.5, 0.6) is 0 Å². The van der Waals surface area contributed by atoms with Crippen LogP contribution in [0.4, 0.5) is 0 Å². The van der Waals surface area contributed by atoms with E-state index in [1.54, 1.807) is 0 Å². The number of hydrogen-bond donors (Lipinski definition) is 2. The largest absolute Gasteiger partial charge is 0.356 e. The number of carbonyl (C=O) groups excluding carboxylic acids is 1. The van der Waals surface area contributed by atoms with Gasteiger partial charge >= 0.3 is 0 Å². The second kappa shape index (κ2) is 6.00. The van der Waals surface area contributed by atoms with Crippen LogP contribution in [0.25, 0.3) is 0 Å². The summed E-state index contributed by atoms with van der Waals surface area (Å²) in [5.74, 6) is 0.591. The summed E-state index contributed by atoms with van der Waals surface area (Å²) in [6.45, 7) is 7.31. The van der Waals surface area contributed by atoms with Gasteiger partial charge in [-0.1, -0.05) is 13.8 Å². The smallest absolute Gasteiger partial charge is 0.223 e. The van der Waals surface area contributed by atoms with Crippen molar-refractivity contribution in [2.24, 2.45) is 17.6 Å². The molecule has 2 unspecified atom stereocenters. The summed E-state index contributed by atoms with van der Waals surface area (Å²) < 4.78 is 0. The first-order chi connectivity index (χ1) is 5.63. The van der Waals surface area contributed by atoms with Gasteiger partial charge in [0.05, 0.1) is 0 Å². The van der Waals surface area contributed by atoms with Gasteiger partial charge in [0.2, 0.25) is 5.91 Å². The fraction of sp³-hybridized carbons (Fsp3) is 0.889. The summed E-state index contributed by atoms with van der Waals surface area (Å²) in [7, 11) is 0. The molecule has 0 rings (SSSR count). The van der Waals surface area contributed by atoms with Crippen molar-refractivity contribution in [1.82, 2.24) is 5.32 Å². The molecule has 0 fully saturated rings. The fourth-order valence-electron chi connectivity index (χ4n) is 1.11. The molecule has 2 atom stereocenters. The fourth-order valence-corrected chi connectivity index (χ4v) is 1.11. The van der Waals surface area contributed by atoms with Crippen molar-refractivity contribution in [2.75, 3.05) is 13.1 Å². The third-order valence-electron chi connectivity index (χ3n) is 2.24.